The smallest absolute Gasteiger partial charge is 0.106 e. The molecule has 0 aromatic heterocycles. The topological polar surface area (TPSA) is 35.5 Å². The third-order valence-corrected chi connectivity index (χ3v) is 1.19. The van der Waals surface area contributed by atoms with Gasteiger partial charge < -0.3 is 14.3 Å². The van der Waals surface area contributed by atoms with E-state index in [2.05, 4.69) is 0 Å². The number of ether oxygens (including phenoxy) is 2. The number of hydrogen-bond donors (Lipinski definition) is 0. The molecule has 0 bridgehead atoms. The number of rotatable bonds is 0. The summed E-state index contributed by atoms with van der Waals surface area (Å²) >= 11 is 0. The minimum absolute atomic E-state index is 0.889. The van der Waals surface area contributed by atoms with Gasteiger partial charge in [-0.2, -0.15) is 0 Å². The minimum atomic E-state index is 0.889. The summed E-state index contributed by atoms with van der Waals surface area (Å²) in [5.41, 5.74) is 0. The third kappa shape index (κ3) is 6.86. The molecule has 0 spiro atoms. The molecule has 0 unspecified atom stereocenters. The lowest BCUT2D eigenvalue weighted by atomic mass is 10.5. The van der Waals surface area contributed by atoms with E-state index in [1.807, 2.05) is 18.9 Å². The van der Waals surface area contributed by atoms with Crippen molar-refractivity contribution in [2.45, 2.75) is 12.8 Å². The molecule has 2 rings (SSSR count). The van der Waals surface area contributed by atoms with E-state index in [4.69, 9.17) is 14.3 Å². The fraction of sp³-hybridized carbons (Fsp3) is 0.444. The van der Waals surface area contributed by atoms with Crippen LogP contribution in [-0.4, -0.2) is 20.0 Å². The molecule has 2 aliphatic heterocycles. The van der Waals surface area contributed by atoms with Gasteiger partial charge in [0.05, 0.1) is 25.7 Å². The molecule has 2 heterocycles. The van der Waals surface area contributed by atoms with Crippen LogP contribution in [0.1, 0.15) is 12.8 Å². The molecular weight excluding hydrogens is 156 g/mol. The van der Waals surface area contributed by atoms with Gasteiger partial charge in [0.25, 0.3) is 0 Å². The molecule has 2 aliphatic rings. The van der Waals surface area contributed by atoms with Crippen molar-refractivity contribution in [2.75, 3.05) is 13.2 Å². The van der Waals surface area contributed by atoms with E-state index in [0.717, 1.165) is 26.1 Å². The standard InChI is InChI=1S/2C4H6O.CH2O/c2*1-2-4-5-3-1;1-2/h2*1,3H,2,4H2;1H2. The van der Waals surface area contributed by atoms with Gasteiger partial charge in [-0.25, -0.2) is 0 Å². The lowest BCUT2D eigenvalue weighted by Gasteiger charge is -1.79. The summed E-state index contributed by atoms with van der Waals surface area (Å²) in [6, 6.07) is 0. The zero-order valence-electron chi connectivity index (χ0n) is 7.07. The van der Waals surface area contributed by atoms with Gasteiger partial charge >= 0.3 is 0 Å². The van der Waals surface area contributed by atoms with E-state index in [9.17, 15) is 0 Å². The second-order valence-electron chi connectivity index (χ2n) is 2.06. The van der Waals surface area contributed by atoms with Crippen molar-refractivity contribution >= 4 is 6.79 Å². The highest BCUT2D eigenvalue weighted by molar-refractivity contribution is 5.10. The van der Waals surface area contributed by atoms with E-state index in [1.165, 1.54) is 0 Å². The minimum Gasteiger partial charge on any atom is -0.501 e. The highest BCUT2D eigenvalue weighted by Gasteiger charge is 1.84. The van der Waals surface area contributed by atoms with Crippen molar-refractivity contribution < 1.29 is 14.3 Å². The molecule has 0 aliphatic carbocycles. The number of carbonyl (C=O) groups excluding carboxylic acids is 1. The van der Waals surface area contributed by atoms with Crippen molar-refractivity contribution in [1.82, 2.24) is 0 Å². The fourth-order valence-electron chi connectivity index (χ4n) is 0.680. The summed E-state index contributed by atoms with van der Waals surface area (Å²) in [7, 11) is 0. The molecule has 0 amide bonds. The average molecular weight is 170 g/mol. The van der Waals surface area contributed by atoms with Crippen molar-refractivity contribution in [2.24, 2.45) is 0 Å². The van der Waals surface area contributed by atoms with Gasteiger partial charge in [0.15, 0.2) is 0 Å². The molecule has 0 saturated carbocycles. The van der Waals surface area contributed by atoms with E-state index in [-0.39, 0.29) is 0 Å². The summed E-state index contributed by atoms with van der Waals surface area (Å²) in [6.07, 6.45) is 9.69. The van der Waals surface area contributed by atoms with Gasteiger partial charge in [-0.3, -0.25) is 0 Å². The van der Waals surface area contributed by atoms with Crippen LogP contribution < -0.4 is 0 Å². The Morgan fingerprint density at radius 3 is 1.42 bits per heavy atom. The maximum absolute atomic E-state index is 8.00. The Morgan fingerprint density at radius 1 is 0.917 bits per heavy atom. The zero-order chi connectivity index (χ0) is 9.07. The van der Waals surface area contributed by atoms with Crippen LogP contribution >= 0.6 is 0 Å². The molecule has 0 atom stereocenters. The maximum atomic E-state index is 8.00. The molecule has 3 nitrogen and oxygen atoms in total. The van der Waals surface area contributed by atoms with Gasteiger partial charge in [0.1, 0.15) is 6.79 Å². The molecule has 0 N–H and O–H groups in total. The second-order valence-corrected chi connectivity index (χ2v) is 2.06. The third-order valence-electron chi connectivity index (χ3n) is 1.19. The van der Waals surface area contributed by atoms with Gasteiger partial charge in [0.2, 0.25) is 0 Å². The fourth-order valence-corrected chi connectivity index (χ4v) is 0.680. The first-order chi connectivity index (χ1) is 6.00. The molecule has 3 heteroatoms. The van der Waals surface area contributed by atoms with Gasteiger partial charge in [-0.1, -0.05) is 0 Å². The summed E-state index contributed by atoms with van der Waals surface area (Å²) in [4.78, 5) is 8.00. The summed E-state index contributed by atoms with van der Waals surface area (Å²) in [6.45, 7) is 3.78. The lowest BCUT2D eigenvalue weighted by Crippen LogP contribution is -1.70. The quantitative estimate of drug-likeness (QED) is 0.554. The maximum Gasteiger partial charge on any atom is 0.106 e. The number of hydrogen-bond acceptors (Lipinski definition) is 3. The summed E-state index contributed by atoms with van der Waals surface area (Å²) < 4.78 is 9.53. The molecular formula is C9H14O3. The van der Waals surface area contributed by atoms with Gasteiger partial charge in [-0.15, -0.1) is 0 Å². The van der Waals surface area contributed by atoms with Crippen LogP contribution in [0, 0.1) is 0 Å². The van der Waals surface area contributed by atoms with Crippen molar-refractivity contribution in [3.05, 3.63) is 24.7 Å². The highest BCUT2D eigenvalue weighted by atomic mass is 16.5. The second kappa shape index (κ2) is 9.75. The first-order valence-electron chi connectivity index (χ1n) is 3.82. The summed E-state index contributed by atoms with van der Waals surface area (Å²) in [5, 5.41) is 0. The lowest BCUT2D eigenvalue weighted by molar-refractivity contribution is -0.0979. The van der Waals surface area contributed by atoms with Crippen LogP contribution in [-0.2, 0) is 14.3 Å². The first kappa shape index (κ1) is 10.8. The summed E-state index contributed by atoms with van der Waals surface area (Å²) in [5.74, 6) is 0. The van der Waals surface area contributed by atoms with Crippen LogP contribution in [0.5, 0.6) is 0 Å². The Morgan fingerprint density at radius 2 is 1.33 bits per heavy atom. The van der Waals surface area contributed by atoms with Crippen LogP contribution in [0.3, 0.4) is 0 Å². The normalized spacial score (nSPS) is 16.3. The Balaban J connectivity index is 0.000000168. The van der Waals surface area contributed by atoms with Gasteiger partial charge in [0, 0.05) is 12.8 Å². The van der Waals surface area contributed by atoms with E-state index >= 15 is 0 Å². The molecule has 0 aromatic rings. The number of carbonyl (C=O) groups is 1. The van der Waals surface area contributed by atoms with Crippen LogP contribution in [0.2, 0.25) is 0 Å². The van der Waals surface area contributed by atoms with E-state index in [1.54, 1.807) is 12.5 Å². The van der Waals surface area contributed by atoms with E-state index < -0.39 is 0 Å². The molecule has 0 aromatic carbocycles. The molecule has 68 valence electrons. The zero-order valence-corrected chi connectivity index (χ0v) is 7.07. The predicted octanol–water partition coefficient (Wildman–Crippen LogP) is 1.66. The highest BCUT2D eigenvalue weighted by Crippen LogP contribution is 1.93. The Kier molecular flexibility index (Phi) is 8.73. The van der Waals surface area contributed by atoms with Crippen LogP contribution in [0.15, 0.2) is 24.7 Å². The molecule has 0 radical (unpaired) electrons. The Bertz CT molecular complexity index is 113. The molecule has 0 saturated heterocycles. The Hall–Kier alpha value is -1.25. The van der Waals surface area contributed by atoms with E-state index in [0.29, 0.717) is 0 Å². The average Bonchev–Trinajstić information content (AvgIpc) is 2.87. The van der Waals surface area contributed by atoms with Crippen molar-refractivity contribution in [3.63, 3.8) is 0 Å². The van der Waals surface area contributed by atoms with Crippen LogP contribution in [0.25, 0.3) is 0 Å². The van der Waals surface area contributed by atoms with Gasteiger partial charge in [-0.05, 0) is 12.2 Å². The van der Waals surface area contributed by atoms with Crippen molar-refractivity contribution in [3.8, 4) is 0 Å². The largest absolute Gasteiger partial charge is 0.501 e. The monoisotopic (exact) mass is 170 g/mol. The SMILES string of the molecule is C1=COCC1.C1=COCC1.C=O. The predicted molar refractivity (Wildman–Crippen MR) is 46.5 cm³/mol. The molecule has 0 fully saturated rings. The first-order valence-corrected chi connectivity index (χ1v) is 3.82. The Labute approximate surface area is 72.7 Å². The van der Waals surface area contributed by atoms with Crippen molar-refractivity contribution in [1.29, 1.82) is 0 Å². The van der Waals surface area contributed by atoms with Crippen LogP contribution in [0.4, 0.5) is 0 Å². The molecule has 12 heavy (non-hydrogen) atoms.